The summed E-state index contributed by atoms with van der Waals surface area (Å²) in [5, 5.41) is 24.8. The van der Waals surface area contributed by atoms with Gasteiger partial charge in [0.1, 0.15) is 0 Å². The molecule has 0 heterocycles. The summed E-state index contributed by atoms with van der Waals surface area (Å²) in [4.78, 5) is 0. The van der Waals surface area contributed by atoms with E-state index < -0.39 is 7.32 Å². The van der Waals surface area contributed by atoms with E-state index in [0.717, 1.165) is 0 Å². The van der Waals surface area contributed by atoms with Gasteiger partial charge in [0.05, 0.1) is 39.6 Å². The van der Waals surface area contributed by atoms with Crippen LogP contribution in [0.25, 0.3) is 0 Å². The molecule has 0 aromatic heterocycles. The molecule has 0 radical (unpaired) electrons. The molecule has 0 aromatic carbocycles. The van der Waals surface area contributed by atoms with Crippen molar-refractivity contribution in [1.82, 2.24) is 0 Å². The third-order valence-corrected chi connectivity index (χ3v) is 1.10. The summed E-state index contributed by atoms with van der Waals surface area (Å²) in [6.45, 7) is 1.50. The number of ether oxygens (including phenoxy) is 2. The maximum atomic E-state index is 8.33. The molecular formula is C6H16BNaO6. The van der Waals surface area contributed by atoms with Gasteiger partial charge >= 0.3 is 36.9 Å². The third kappa shape index (κ3) is 15.3. The van der Waals surface area contributed by atoms with Gasteiger partial charge in [0.25, 0.3) is 0 Å². The molecule has 3 N–H and O–H groups in total. The topological polar surface area (TPSA) is 88.4 Å². The SMILES string of the molecule is OCCOCCOCCOB(O)O.[NaH]. The van der Waals surface area contributed by atoms with Crippen molar-refractivity contribution in [3.05, 3.63) is 0 Å². The predicted octanol–water partition coefficient (Wildman–Crippen LogP) is -2.65. The van der Waals surface area contributed by atoms with Crippen molar-refractivity contribution < 1.29 is 29.3 Å². The molecule has 6 nitrogen and oxygen atoms in total. The predicted molar refractivity (Wildman–Crippen MR) is 52.0 cm³/mol. The van der Waals surface area contributed by atoms with Crippen LogP contribution in [0.1, 0.15) is 0 Å². The summed E-state index contributed by atoms with van der Waals surface area (Å²) >= 11 is 0. The van der Waals surface area contributed by atoms with Gasteiger partial charge in [-0.1, -0.05) is 0 Å². The van der Waals surface area contributed by atoms with Crippen LogP contribution in [0.2, 0.25) is 0 Å². The summed E-state index contributed by atoms with van der Waals surface area (Å²) in [6, 6.07) is 0. The molecule has 0 atom stereocenters. The van der Waals surface area contributed by atoms with Crippen LogP contribution in [0, 0.1) is 0 Å². The molecule has 0 aromatic rings. The van der Waals surface area contributed by atoms with Gasteiger partial charge in [-0.05, 0) is 0 Å². The van der Waals surface area contributed by atoms with E-state index in [1.165, 1.54) is 0 Å². The Bertz CT molecular complexity index is 106. The molecule has 8 heteroatoms. The fourth-order valence-corrected chi connectivity index (χ4v) is 0.599. The van der Waals surface area contributed by atoms with E-state index >= 15 is 0 Å². The molecule has 0 saturated carbocycles. The minimum atomic E-state index is -1.74. The molecular weight excluding hydrogens is 202 g/mol. The van der Waals surface area contributed by atoms with Crippen LogP contribution in [-0.2, 0) is 14.1 Å². The first-order valence-corrected chi connectivity index (χ1v) is 4.01. The quantitative estimate of drug-likeness (QED) is 0.289. The Morgan fingerprint density at radius 2 is 1.36 bits per heavy atom. The van der Waals surface area contributed by atoms with E-state index in [2.05, 4.69) is 4.65 Å². The normalized spacial score (nSPS) is 9.64. The summed E-state index contributed by atoms with van der Waals surface area (Å²) in [5.74, 6) is 0. The minimum absolute atomic E-state index is 0. The molecule has 0 saturated heterocycles. The maximum absolute atomic E-state index is 8.33. The second-order valence-corrected chi connectivity index (χ2v) is 2.15. The average Bonchev–Trinajstić information content (AvgIpc) is 2.09. The second-order valence-electron chi connectivity index (χ2n) is 2.15. The van der Waals surface area contributed by atoms with Gasteiger partial charge in [0, 0.05) is 0 Å². The first kappa shape index (κ1) is 17.2. The van der Waals surface area contributed by atoms with Crippen LogP contribution in [0.4, 0.5) is 0 Å². The number of aliphatic hydroxyl groups excluding tert-OH is 1. The first-order valence-electron chi connectivity index (χ1n) is 4.01. The van der Waals surface area contributed by atoms with Crippen molar-refractivity contribution in [2.45, 2.75) is 0 Å². The van der Waals surface area contributed by atoms with Crippen molar-refractivity contribution in [2.24, 2.45) is 0 Å². The Kier molecular flexibility index (Phi) is 17.0. The molecule has 0 rings (SSSR count). The number of hydrogen-bond acceptors (Lipinski definition) is 6. The molecule has 0 aliphatic heterocycles. The van der Waals surface area contributed by atoms with Crippen LogP contribution in [-0.4, -0.2) is 91.7 Å². The number of aliphatic hydroxyl groups is 1. The van der Waals surface area contributed by atoms with E-state index in [1.807, 2.05) is 0 Å². The van der Waals surface area contributed by atoms with Gasteiger partial charge in [-0.15, -0.1) is 0 Å². The van der Waals surface area contributed by atoms with E-state index in [-0.39, 0.29) is 49.4 Å². The van der Waals surface area contributed by atoms with Crippen molar-refractivity contribution in [3.63, 3.8) is 0 Å². The number of hydrogen-bond donors (Lipinski definition) is 3. The van der Waals surface area contributed by atoms with Gasteiger partial charge < -0.3 is 29.3 Å². The number of rotatable bonds is 9. The fourth-order valence-electron chi connectivity index (χ4n) is 0.599. The van der Waals surface area contributed by atoms with Gasteiger partial charge in [0.2, 0.25) is 0 Å². The molecule has 80 valence electrons. The zero-order valence-corrected chi connectivity index (χ0v) is 7.39. The van der Waals surface area contributed by atoms with Crippen molar-refractivity contribution in [2.75, 3.05) is 39.6 Å². The summed E-state index contributed by atoms with van der Waals surface area (Å²) in [5.41, 5.74) is 0. The van der Waals surface area contributed by atoms with Crippen LogP contribution in [0.15, 0.2) is 0 Å². The molecule has 0 fully saturated rings. The second kappa shape index (κ2) is 13.8. The zero-order chi connectivity index (χ0) is 9.94. The van der Waals surface area contributed by atoms with Gasteiger partial charge in [-0.3, -0.25) is 0 Å². The Balaban J connectivity index is 0. The van der Waals surface area contributed by atoms with Crippen LogP contribution in [0.5, 0.6) is 0 Å². The standard InChI is InChI=1S/C6H15BO6.Na.H/c8-1-2-11-3-4-12-5-6-13-7(9)10;;/h8-10H,1-6H2;;. The van der Waals surface area contributed by atoms with Crippen molar-refractivity contribution >= 4 is 36.9 Å². The van der Waals surface area contributed by atoms with Crippen LogP contribution in [0.3, 0.4) is 0 Å². The third-order valence-electron chi connectivity index (χ3n) is 1.10. The van der Waals surface area contributed by atoms with E-state index in [4.69, 9.17) is 24.6 Å². The first-order chi connectivity index (χ1) is 6.27. The van der Waals surface area contributed by atoms with E-state index in [9.17, 15) is 0 Å². The van der Waals surface area contributed by atoms with Crippen LogP contribution < -0.4 is 0 Å². The summed E-state index contributed by atoms with van der Waals surface area (Å²) < 4.78 is 14.2. The zero-order valence-electron chi connectivity index (χ0n) is 7.39. The molecule has 0 spiro atoms. The molecule has 0 unspecified atom stereocenters. The van der Waals surface area contributed by atoms with Crippen LogP contribution >= 0.6 is 0 Å². The Morgan fingerprint density at radius 1 is 0.857 bits per heavy atom. The van der Waals surface area contributed by atoms with Crippen molar-refractivity contribution in [3.8, 4) is 0 Å². The van der Waals surface area contributed by atoms with Gasteiger partial charge in [0.15, 0.2) is 0 Å². The monoisotopic (exact) mass is 218 g/mol. The average molecular weight is 218 g/mol. The molecule has 0 amide bonds. The summed E-state index contributed by atoms with van der Waals surface area (Å²) in [7, 11) is -1.74. The molecule has 14 heavy (non-hydrogen) atoms. The molecule has 0 aliphatic carbocycles. The van der Waals surface area contributed by atoms with Gasteiger partial charge in [-0.2, -0.15) is 0 Å². The molecule has 0 bridgehead atoms. The van der Waals surface area contributed by atoms with Crippen molar-refractivity contribution in [1.29, 1.82) is 0 Å². The van der Waals surface area contributed by atoms with E-state index in [1.54, 1.807) is 0 Å². The Hall–Kier alpha value is 0.825. The van der Waals surface area contributed by atoms with Gasteiger partial charge in [-0.25, -0.2) is 0 Å². The Labute approximate surface area is 106 Å². The summed E-state index contributed by atoms with van der Waals surface area (Å²) in [6.07, 6.45) is 0. The fraction of sp³-hybridized carbons (Fsp3) is 1.00. The molecule has 0 aliphatic rings. The van der Waals surface area contributed by atoms with E-state index in [0.29, 0.717) is 19.8 Å². The Morgan fingerprint density at radius 3 is 1.86 bits per heavy atom.